The Morgan fingerprint density at radius 3 is 2.47 bits per heavy atom. The molecule has 0 saturated carbocycles. The monoisotopic (exact) mass is 534 g/mol. The van der Waals surface area contributed by atoms with Crippen LogP contribution in [0, 0.1) is 0 Å². The van der Waals surface area contributed by atoms with Gasteiger partial charge in [0.25, 0.3) is 5.91 Å². The van der Waals surface area contributed by atoms with Crippen molar-refractivity contribution in [3.63, 3.8) is 0 Å². The van der Waals surface area contributed by atoms with E-state index in [-0.39, 0.29) is 22.9 Å². The normalized spacial score (nSPS) is 14.0. The number of carbonyl (C=O) groups is 1. The van der Waals surface area contributed by atoms with Gasteiger partial charge in [-0.05, 0) is 73.8 Å². The molecule has 2 aromatic carbocycles. The van der Waals surface area contributed by atoms with Crippen LogP contribution < -0.4 is 10.5 Å². The van der Waals surface area contributed by atoms with Gasteiger partial charge in [0.05, 0.1) is 25.6 Å². The van der Waals surface area contributed by atoms with Crippen LogP contribution in [0.5, 0.6) is 5.75 Å². The molecule has 8 nitrogen and oxygen atoms in total. The van der Waals surface area contributed by atoms with Gasteiger partial charge in [-0.1, -0.05) is 32.9 Å². The molecule has 0 radical (unpaired) electrons. The Bertz CT molecular complexity index is 1400. The Kier molecular flexibility index (Phi) is 7.80. The van der Waals surface area contributed by atoms with Crippen LogP contribution in [-0.4, -0.2) is 42.0 Å². The third-order valence-electron chi connectivity index (χ3n) is 7.61. The molecule has 0 spiro atoms. The van der Waals surface area contributed by atoms with Crippen molar-refractivity contribution >= 4 is 25.3 Å². The highest BCUT2D eigenvalue weighted by Gasteiger charge is 2.40. The van der Waals surface area contributed by atoms with Gasteiger partial charge in [0.15, 0.2) is 13.9 Å². The molecule has 0 aliphatic rings. The van der Waals surface area contributed by atoms with Crippen molar-refractivity contribution in [2.45, 2.75) is 70.8 Å². The second-order valence-corrected chi connectivity index (χ2v) is 16.0. The van der Waals surface area contributed by atoms with E-state index in [1.165, 1.54) is 0 Å². The zero-order chi connectivity index (χ0) is 27.7. The van der Waals surface area contributed by atoms with E-state index in [2.05, 4.69) is 51.8 Å². The summed E-state index contributed by atoms with van der Waals surface area (Å²) in [6.45, 7) is 13.3. The second kappa shape index (κ2) is 10.7. The van der Waals surface area contributed by atoms with E-state index in [1.807, 2.05) is 41.0 Å². The van der Waals surface area contributed by atoms with E-state index >= 15 is 0 Å². The van der Waals surface area contributed by atoms with E-state index < -0.39 is 14.2 Å². The SMILES string of the molecule is COc1ccc(-c2nc3c(CC[C@H]([C@H](C)O[Si](C)(C)C(C)(C)C)n4cnc(C(N)=O)c4)cccc3o2)cc1. The number of nitrogens with two attached hydrogens (primary N) is 1. The van der Waals surface area contributed by atoms with Crippen LogP contribution >= 0.6 is 0 Å². The van der Waals surface area contributed by atoms with E-state index in [4.69, 9.17) is 24.3 Å². The predicted molar refractivity (Wildman–Crippen MR) is 152 cm³/mol. The highest BCUT2D eigenvalue weighted by molar-refractivity contribution is 6.74. The van der Waals surface area contributed by atoms with Crippen molar-refractivity contribution < 1.29 is 18.4 Å². The molecule has 9 heteroatoms. The molecule has 0 bridgehead atoms. The summed E-state index contributed by atoms with van der Waals surface area (Å²) < 4.78 is 20.1. The summed E-state index contributed by atoms with van der Waals surface area (Å²) in [5, 5.41) is 0.0727. The molecular weight excluding hydrogens is 496 g/mol. The Balaban J connectivity index is 1.62. The maximum Gasteiger partial charge on any atom is 0.268 e. The standard InChI is InChI=1S/C29H38N4O4Si/c1-19(37-38(6,7)29(2,3)4)24(33-17-23(27(30)34)31-18-33)16-13-20-9-8-10-25-26(20)32-28(36-25)21-11-14-22(35-5)15-12-21/h8-12,14-15,17-19,24H,13,16H2,1-7H3,(H2,30,34)/t19-,24+/m0/s1. The first kappa shape index (κ1) is 27.6. The third-order valence-corrected chi connectivity index (χ3v) is 12.2. The molecule has 2 atom stereocenters. The summed E-state index contributed by atoms with van der Waals surface area (Å²) in [5.41, 5.74) is 9.31. The topological polar surface area (TPSA) is 105 Å². The summed E-state index contributed by atoms with van der Waals surface area (Å²) in [6.07, 6.45) is 4.79. The fraction of sp³-hybridized carbons (Fsp3) is 0.414. The summed E-state index contributed by atoms with van der Waals surface area (Å²) in [7, 11) is -0.390. The van der Waals surface area contributed by atoms with Crippen molar-refractivity contribution in [2.24, 2.45) is 5.73 Å². The minimum atomic E-state index is -2.03. The van der Waals surface area contributed by atoms with E-state index in [9.17, 15) is 4.79 Å². The number of benzene rings is 2. The van der Waals surface area contributed by atoms with Crippen molar-refractivity contribution in [2.75, 3.05) is 7.11 Å². The number of carbonyl (C=O) groups excluding carboxylic acids is 1. The van der Waals surface area contributed by atoms with Crippen LogP contribution in [0.1, 0.15) is 56.2 Å². The number of para-hydroxylation sites is 1. The van der Waals surface area contributed by atoms with Crippen LogP contribution in [0.2, 0.25) is 18.1 Å². The second-order valence-electron chi connectivity index (χ2n) is 11.3. The van der Waals surface area contributed by atoms with Gasteiger partial charge in [0.1, 0.15) is 17.0 Å². The molecule has 0 fully saturated rings. The maximum atomic E-state index is 11.7. The lowest BCUT2D eigenvalue weighted by atomic mass is 10.0. The van der Waals surface area contributed by atoms with E-state index in [0.29, 0.717) is 5.89 Å². The van der Waals surface area contributed by atoms with Gasteiger partial charge >= 0.3 is 0 Å². The van der Waals surface area contributed by atoms with Crippen molar-refractivity contribution in [3.8, 4) is 17.2 Å². The Morgan fingerprint density at radius 1 is 1.16 bits per heavy atom. The van der Waals surface area contributed by atoms with Gasteiger partial charge in [-0.3, -0.25) is 4.79 Å². The quantitative estimate of drug-likeness (QED) is 0.237. The van der Waals surface area contributed by atoms with Crippen molar-refractivity contribution in [3.05, 3.63) is 66.2 Å². The van der Waals surface area contributed by atoms with Crippen molar-refractivity contribution in [1.29, 1.82) is 0 Å². The first-order valence-corrected chi connectivity index (χ1v) is 15.8. The lowest BCUT2D eigenvalue weighted by Gasteiger charge is -2.40. The zero-order valence-corrected chi connectivity index (χ0v) is 24.3. The summed E-state index contributed by atoms with van der Waals surface area (Å²) in [5.74, 6) is 0.811. The van der Waals surface area contributed by atoms with Gasteiger partial charge in [0, 0.05) is 11.8 Å². The number of oxazole rings is 1. The number of methoxy groups -OCH3 is 1. The number of primary amides is 1. The molecule has 0 aliphatic heterocycles. The number of amides is 1. The number of rotatable bonds is 10. The number of imidazole rings is 1. The molecule has 4 rings (SSSR count). The van der Waals surface area contributed by atoms with Crippen LogP contribution in [0.25, 0.3) is 22.6 Å². The van der Waals surface area contributed by atoms with Crippen LogP contribution in [0.3, 0.4) is 0 Å². The Hall–Kier alpha value is -3.43. The molecule has 0 saturated heterocycles. The molecule has 0 aliphatic carbocycles. The van der Waals surface area contributed by atoms with Crippen molar-refractivity contribution in [1.82, 2.24) is 14.5 Å². The number of hydrogen-bond acceptors (Lipinski definition) is 6. The summed E-state index contributed by atoms with van der Waals surface area (Å²) >= 11 is 0. The molecular formula is C29H38N4O4Si. The Labute approximate surface area is 225 Å². The first-order valence-electron chi connectivity index (χ1n) is 12.9. The molecule has 1 amide bonds. The molecule has 2 N–H and O–H groups in total. The molecule has 2 heterocycles. The number of aryl methyl sites for hydroxylation is 1. The Morgan fingerprint density at radius 2 is 1.87 bits per heavy atom. The summed E-state index contributed by atoms with van der Waals surface area (Å²) in [4.78, 5) is 20.8. The minimum absolute atomic E-state index is 0.0482. The van der Waals surface area contributed by atoms with Crippen LogP contribution in [0.15, 0.2) is 59.4 Å². The molecule has 4 aromatic rings. The highest BCUT2D eigenvalue weighted by Crippen LogP contribution is 2.39. The zero-order valence-electron chi connectivity index (χ0n) is 23.3. The predicted octanol–water partition coefficient (Wildman–Crippen LogP) is 6.38. The molecule has 0 unspecified atom stereocenters. The van der Waals surface area contributed by atoms with Gasteiger partial charge in [-0.25, -0.2) is 9.97 Å². The summed E-state index contributed by atoms with van der Waals surface area (Å²) in [6, 6.07) is 13.6. The van der Waals surface area contributed by atoms with Crippen LogP contribution in [0.4, 0.5) is 0 Å². The van der Waals surface area contributed by atoms with Gasteiger partial charge in [-0.15, -0.1) is 0 Å². The van der Waals surface area contributed by atoms with Crippen LogP contribution in [-0.2, 0) is 10.8 Å². The third kappa shape index (κ3) is 5.84. The van der Waals surface area contributed by atoms with Gasteiger partial charge in [0.2, 0.25) is 5.89 Å². The first-order chi connectivity index (χ1) is 17.9. The maximum absolute atomic E-state index is 11.7. The minimum Gasteiger partial charge on any atom is -0.497 e. The van der Waals surface area contributed by atoms with Gasteiger partial charge in [-0.2, -0.15) is 0 Å². The highest BCUT2D eigenvalue weighted by atomic mass is 28.4. The smallest absolute Gasteiger partial charge is 0.268 e. The van der Waals surface area contributed by atoms with Gasteiger partial charge < -0.3 is 23.9 Å². The molecule has 2 aromatic heterocycles. The molecule has 38 heavy (non-hydrogen) atoms. The average molecular weight is 535 g/mol. The fourth-order valence-electron chi connectivity index (χ4n) is 4.36. The number of nitrogens with zero attached hydrogens (tertiary/aromatic N) is 3. The largest absolute Gasteiger partial charge is 0.497 e. The van der Waals surface area contributed by atoms with E-state index in [1.54, 1.807) is 19.6 Å². The average Bonchev–Trinajstić information content (AvgIpc) is 3.51. The number of fused-ring (bicyclic) bond motifs is 1. The lowest BCUT2D eigenvalue weighted by Crippen LogP contribution is -2.45. The van der Waals surface area contributed by atoms with E-state index in [0.717, 1.165) is 40.8 Å². The number of ether oxygens (including phenoxy) is 1. The number of hydrogen-bond donors (Lipinski definition) is 1. The fourth-order valence-corrected chi connectivity index (χ4v) is 5.80. The molecule has 202 valence electrons. The number of aromatic nitrogens is 3. The lowest BCUT2D eigenvalue weighted by molar-refractivity contribution is 0.0995.